The van der Waals surface area contributed by atoms with E-state index in [9.17, 15) is 4.79 Å². The van der Waals surface area contributed by atoms with Crippen LogP contribution in [0.4, 0.5) is 0 Å². The van der Waals surface area contributed by atoms with E-state index in [0.717, 1.165) is 10.0 Å². The molecule has 88 valence electrons. The third-order valence-corrected chi connectivity index (χ3v) is 4.07. The first-order valence-electron chi connectivity index (χ1n) is 4.58. The van der Waals surface area contributed by atoms with E-state index in [1.165, 1.54) is 10.9 Å². The van der Waals surface area contributed by atoms with Crippen LogP contribution in [0.25, 0.3) is 0 Å². The summed E-state index contributed by atoms with van der Waals surface area (Å²) in [6.45, 7) is 0.422. The molecule has 0 N–H and O–H groups in total. The largest absolute Gasteiger partial charge is 0.294 e. The van der Waals surface area contributed by atoms with Crippen LogP contribution in [0.2, 0.25) is 5.15 Å². The van der Waals surface area contributed by atoms with E-state index in [2.05, 4.69) is 25.9 Å². The first-order chi connectivity index (χ1) is 8.08. The molecule has 17 heavy (non-hydrogen) atoms. The molecule has 4 nitrogen and oxygen atoms in total. The number of rotatable bonds is 2. The van der Waals surface area contributed by atoms with Gasteiger partial charge in [0.2, 0.25) is 0 Å². The van der Waals surface area contributed by atoms with Crippen molar-refractivity contribution in [1.29, 1.82) is 0 Å². The van der Waals surface area contributed by atoms with Crippen molar-refractivity contribution in [3.05, 3.63) is 53.9 Å². The minimum Gasteiger partial charge on any atom is -0.294 e. The van der Waals surface area contributed by atoms with E-state index in [0.29, 0.717) is 10.1 Å². The Bertz CT molecular complexity index is 617. The average molecular weight is 426 g/mol. The normalized spacial score (nSPS) is 10.5. The second-order valence-electron chi connectivity index (χ2n) is 3.29. The van der Waals surface area contributed by atoms with Crippen molar-refractivity contribution in [1.82, 2.24) is 14.5 Å². The van der Waals surface area contributed by atoms with Crippen LogP contribution in [0.5, 0.6) is 0 Å². The van der Waals surface area contributed by atoms with Gasteiger partial charge >= 0.3 is 0 Å². The van der Waals surface area contributed by atoms with Gasteiger partial charge in [0.15, 0.2) is 0 Å². The molecule has 0 unspecified atom stereocenters. The van der Waals surface area contributed by atoms with Gasteiger partial charge in [0, 0.05) is 16.9 Å². The molecule has 2 aromatic heterocycles. The summed E-state index contributed by atoms with van der Waals surface area (Å²) in [6.07, 6.45) is 4.84. The third-order valence-electron chi connectivity index (χ3n) is 2.05. The van der Waals surface area contributed by atoms with Crippen molar-refractivity contribution in [2.45, 2.75) is 6.54 Å². The molecule has 0 bridgehead atoms. The summed E-state index contributed by atoms with van der Waals surface area (Å²) < 4.78 is 2.80. The molecule has 0 amide bonds. The molecule has 7 heteroatoms. The lowest BCUT2D eigenvalue weighted by molar-refractivity contribution is 0.727. The van der Waals surface area contributed by atoms with E-state index >= 15 is 0 Å². The standard InChI is InChI=1S/C10H6BrClIN3O/c11-7-1-6(2-14-3-7)4-16-5-15-9(12)8(13)10(16)17/h1-3,5H,4H2. The highest BCUT2D eigenvalue weighted by molar-refractivity contribution is 14.1. The predicted molar refractivity (Wildman–Crippen MR) is 77.3 cm³/mol. The second-order valence-corrected chi connectivity index (χ2v) is 5.65. The van der Waals surface area contributed by atoms with Crippen LogP contribution in [-0.2, 0) is 6.54 Å². The lowest BCUT2D eigenvalue weighted by Crippen LogP contribution is -2.23. The molecule has 0 atom stereocenters. The first kappa shape index (κ1) is 13.0. The SMILES string of the molecule is O=c1c(I)c(Cl)ncn1Cc1cncc(Br)c1. The van der Waals surface area contributed by atoms with Crippen LogP contribution in [0.3, 0.4) is 0 Å². The van der Waals surface area contributed by atoms with Crippen molar-refractivity contribution in [3.63, 3.8) is 0 Å². The van der Waals surface area contributed by atoms with Crippen LogP contribution in [0.15, 0.2) is 34.1 Å². The molecular weight excluding hydrogens is 420 g/mol. The minimum atomic E-state index is -0.148. The highest BCUT2D eigenvalue weighted by atomic mass is 127. The van der Waals surface area contributed by atoms with Gasteiger partial charge in [-0.2, -0.15) is 0 Å². The van der Waals surface area contributed by atoms with Crippen LogP contribution < -0.4 is 5.56 Å². The van der Waals surface area contributed by atoms with Crippen molar-refractivity contribution >= 4 is 50.1 Å². The number of aromatic nitrogens is 3. The fourth-order valence-corrected chi connectivity index (χ4v) is 2.28. The van der Waals surface area contributed by atoms with Gasteiger partial charge in [-0.05, 0) is 50.2 Å². The molecule has 0 aliphatic rings. The number of pyridine rings is 1. The lowest BCUT2D eigenvalue weighted by atomic mass is 10.3. The van der Waals surface area contributed by atoms with Gasteiger partial charge in [-0.3, -0.25) is 14.3 Å². The van der Waals surface area contributed by atoms with Gasteiger partial charge < -0.3 is 0 Å². The van der Waals surface area contributed by atoms with Gasteiger partial charge in [0.1, 0.15) is 8.72 Å². The molecule has 0 radical (unpaired) electrons. The first-order valence-corrected chi connectivity index (χ1v) is 6.83. The highest BCUT2D eigenvalue weighted by Crippen LogP contribution is 2.12. The molecule has 2 rings (SSSR count). The van der Waals surface area contributed by atoms with Gasteiger partial charge in [-0.25, -0.2) is 4.98 Å². The highest BCUT2D eigenvalue weighted by Gasteiger charge is 2.07. The Morgan fingerprint density at radius 3 is 2.94 bits per heavy atom. The minimum absolute atomic E-state index is 0.148. The number of hydrogen-bond acceptors (Lipinski definition) is 3. The molecule has 0 fully saturated rings. The number of halogens is 3. The van der Waals surface area contributed by atoms with Crippen LogP contribution in [-0.4, -0.2) is 14.5 Å². The second kappa shape index (κ2) is 5.45. The van der Waals surface area contributed by atoms with E-state index in [4.69, 9.17) is 11.6 Å². The lowest BCUT2D eigenvalue weighted by Gasteiger charge is -2.06. The Balaban J connectivity index is 2.37. The van der Waals surface area contributed by atoms with Crippen molar-refractivity contribution < 1.29 is 0 Å². The van der Waals surface area contributed by atoms with Crippen LogP contribution >= 0.6 is 50.1 Å². The quantitative estimate of drug-likeness (QED) is 0.548. The van der Waals surface area contributed by atoms with Gasteiger partial charge in [-0.1, -0.05) is 11.6 Å². The molecule has 2 aromatic rings. The summed E-state index contributed by atoms with van der Waals surface area (Å²) in [5, 5.41) is 0.235. The fraction of sp³-hybridized carbons (Fsp3) is 0.100. The molecular formula is C10H6BrClIN3O. The predicted octanol–water partition coefficient (Wildman–Crippen LogP) is 2.71. The van der Waals surface area contributed by atoms with E-state index in [1.54, 1.807) is 12.4 Å². The molecule has 0 aromatic carbocycles. The van der Waals surface area contributed by atoms with Crippen molar-refractivity contribution in [2.75, 3.05) is 0 Å². The monoisotopic (exact) mass is 425 g/mol. The van der Waals surface area contributed by atoms with Gasteiger partial charge in [-0.15, -0.1) is 0 Å². The Morgan fingerprint density at radius 1 is 1.47 bits per heavy atom. The zero-order valence-electron chi connectivity index (χ0n) is 8.40. The van der Waals surface area contributed by atoms with Gasteiger partial charge in [0.05, 0.1) is 12.9 Å². The third kappa shape index (κ3) is 3.05. The maximum absolute atomic E-state index is 11.9. The summed E-state index contributed by atoms with van der Waals surface area (Å²) in [6, 6.07) is 1.90. The number of nitrogens with zero attached hydrogens (tertiary/aromatic N) is 3. The summed E-state index contributed by atoms with van der Waals surface area (Å²) in [4.78, 5) is 19.9. The Kier molecular flexibility index (Phi) is 4.16. The fourth-order valence-electron chi connectivity index (χ4n) is 1.30. The van der Waals surface area contributed by atoms with Crippen LogP contribution in [0.1, 0.15) is 5.56 Å². The van der Waals surface area contributed by atoms with Crippen molar-refractivity contribution in [2.24, 2.45) is 0 Å². The molecule has 0 saturated carbocycles. The molecule has 0 aliphatic carbocycles. The Labute approximate surface area is 124 Å². The zero-order valence-corrected chi connectivity index (χ0v) is 12.9. The summed E-state index contributed by atoms with van der Waals surface area (Å²) in [5.41, 5.74) is 0.770. The van der Waals surface area contributed by atoms with E-state index in [1.807, 2.05) is 28.7 Å². The number of hydrogen-bond donors (Lipinski definition) is 0. The van der Waals surface area contributed by atoms with Crippen molar-refractivity contribution in [3.8, 4) is 0 Å². The summed E-state index contributed by atoms with van der Waals surface area (Å²) >= 11 is 11.0. The Morgan fingerprint density at radius 2 is 2.24 bits per heavy atom. The summed E-state index contributed by atoms with van der Waals surface area (Å²) in [7, 11) is 0. The van der Waals surface area contributed by atoms with Crippen LogP contribution in [0, 0.1) is 3.57 Å². The Hall–Kier alpha value is -0.470. The molecule has 2 heterocycles. The molecule has 0 aliphatic heterocycles. The smallest absolute Gasteiger partial charge is 0.268 e. The maximum Gasteiger partial charge on any atom is 0.268 e. The van der Waals surface area contributed by atoms with Gasteiger partial charge in [0.25, 0.3) is 5.56 Å². The molecule has 0 spiro atoms. The van der Waals surface area contributed by atoms with E-state index < -0.39 is 0 Å². The zero-order chi connectivity index (χ0) is 12.4. The molecule has 0 saturated heterocycles. The topological polar surface area (TPSA) is 47.8 Å². The maximum atomic E-state index is 11.9. The van der Waals surface area contributed by atoms with E-state index in [-0.39, 0.29) is 10.7 Å². The summed E-state index contributed by atoms with van der Waals surface area (Å²) in [5.74, 6) is 0. The average Bonchev–Trinajstić information content (AvgIpc) is 2.30.